The quantitative estimate of drug-likeness (QED) is 0.622. The largest absolute Gasteiger partial charge is 0.455 e. The van der Waals surface area contributed by atoms with E-state index in [2.05, 4.69) is 10.6 Å². The third kappa shape index (κ3) is 4.28. The van der Waals surface area contributed by atoms with E-state index in [-0.39, 0.29) is 29.4 Å². The molecule has 0 bridgehead atoms. The van der Waals surface area contributed by atoms with Gasteiger partial charge >= 0.3 is 0 Å². The van der Waals surface area contributed by atoms with Crippen LogP contribution in [0, 0.1) is 6.92 Å². The summed E-state index contributed by atoms with van der Waals surface area (Å²) in [5.41, 5.74) is 3.22. The molecule has 0 saturated heterocycles. The molecule has 1 atom stereocenters. The molecule has 1 heterocycles. The number of fused-ring (bicyclic) bond motifs is 1. The second-order valence-corrected chi connectivity index (χ2v) is 7.77. The predicted molar refractivity (Wildman–Crippen MR) is 117 cm³/mol. The first-order chi connectivity index (χ1) is 14.9. The number of benzene rings is 2. The van der Waals surface area contributed by atoms with Crippen LogP contribution in [0.1, 0.15) is 74.0 Å². The number of aryl methyl sites for hydroxylation is 1. The highest BCUT2D eigenvalue weighted by Crippen LogP contribution is 2.29. The van der Waals surface area contributed by atoms with Crippen LogP contribution < -0.4 is 10.6 Å². The zero-order chi connectivity index (χ0) is 22.0. The van der Waals surface area contributed by atoms with E-state index in [9.17, 15) is 14.4 Å². The summed E-state index contributed by atoms with van der Waals surface area (Å²) >= 11 is 0. The maximum atomic E-state index is 12.8. The average Bonchev–Trinajstić information content (AvgIpc) is 3.12. The summed E-state index contributed by atoms with van der Waals surface area (Å²) in [5, 5.41) is 5.81. The molecule has 1 aliphatic rings. The summed E-state index contributed by atoms with van der Waals surface area (Å²) in [5.74, 6) is 0.288. The van der Waals surface area contributed by atoms with Crippen LogP contribution in [0.3, 0.4) is 0 Å². The molecule has 2 N–H and O–H groups in total. The summed E-state index contributed by atoms with van der Waals surface area (Å²) in [6.45, 7) is 3.62. The monoisotopic (exact) mass is 416 g/mol. The summed E-state index contributed by atoms with van der Waals surface area (Å²) in [6, 6.07) is 16.0. The minimum atomic E-state index is -0.356. The van der Waals surface area contributed by atoms with Crippen LogP contribution in [0.25, 0.3) is 0 Å². The van der Waals surface area contributed by atoms with Crippen LogP contribution in [-0.4, -0.2) is 17.6 Å². The smallest absolute Gasteiger partial charge is 0.287 e. The van der Waals surface area contributed by atoms with Crippen molar-refractivity contribution in [2.45, 2.75) is 39.2 Å². The number of furan rings is 1. The van der Waals surface area contributed by atoms with Crippen molar-refractivity contribution >= 4 is 23.3 Å². The van der Waals surface area contributed by atoms with Crippen molar-refractivity contribution in [3.63, 3.8) is 0 Å². The van der Waals surface area contributed by atoms with Gasteiger partial charge in [0.2, 0.25) is 0 Å². The van der Waals surface area contributed by atoms with Crippen molar-refractivity contribution in [3.05, 3.63) is 88.4 Å². The summed E-state index contributed by atoms with van der Waals surface area (Å²) in [7, 11) is 0. The molecule has 1 unspecified atom stereocenters. The van der Waals surface area contributed by atoms with Gasteiger partial charge in [-0.05, 0) is 50.1 Å². The maximum absolute atomic E-state index is 12.8. The normalized spacial score (nSPS) is 13.9. The first kappa shape index (κ1) is 20.6. The Morgan fingerprint density at radius 2 is 1.77 bits per heavy atom. The van der Waals surface area contributed by atoms with Crippen LogP contribution in [0.4, 0.5) is 5.69 Å². The van der Waals surface area contributed by atoms with Gasteiger partial charge in [-0.15, -0.1) is 0 Å². The molecule has 0 aliphatic heterocycles. The van der Waals surface area contributed by atoms with Crippen molar-refractivity contribution < 1.29 is 18.8 Å². The number of nitrogens with one attached hydrogen (secondary N) is 2. The van der Waals surface area contributed by atoms with E-state index in [1.54, 1.807) is 25.1 Å². The lowest BCUT2D eigenvalue weighted by Gasteiger charge is -2.15. The van der Waals surface area contributed by atoms with Crippen LogP contribution in [0.2, 0.25) is 0 Å². The molecule has 2 amide bonds. The van der Waals surface area contributed by atoms with Gasteiger partial charge in [-0.25, -0.2) is 0 Å². The fraction of sp³-hybridized carbons (Fsp3) is 0.240. The fourth-order valence-electron chi connectivity index (χ4n) is 3.89. The molecule has 0 radical (unpaired) electrons. The second kappa shape index (κ2) is 8.60. The number of Topliss-reactive ketones (excluding diaryl/α,β-unsaturated/α-hetero) is 1. The molecule has 6 heteroatoms. The Kier molecular flexibility index (Phi) is 5.71. The molecule has 158 valence electrons. The van der Waals surface area contributed by atoms with E-state index < -0.39 is 0 Å². The van der Waals surface area contributed by atoms with Crippen molar-refractivity contribution in [1.82, 2.24) is 5.32 Å². The van der Waals surface area contributed by atoms with Crippen molar-refractivity contribution in [3.8, 4) is 0 Å². The maximum Gasteiger partial charge on any atom is 0.287 e. The lowest BCUT2D eigenvalue weighted by Crippen LogP contribution is -2.27. The van der Waals surface area contributed by atoms with Gasteiger partial charge in [0.15, 0.2) is 11.5 Å². The average molecular weight is 416 g/mol. The lowest BCUT2D eigenvalue weighted by molar-refractivity contribution is 0.0905. The third-order valence-corrected chi connectivity index (χ3v) is 5.54. The van der Waals surface area contributed by atoms with E-state index in [4.69, 9.17) is 4.42 Å². The molecular formula is C25H24N2O4. The van der Waals surface area contributed by atoms with Crippen LogP contribution >= 0.6 is 0 Å². The van der Waals surface area contributed by atoms with E-state index in [0.717, 1.165) is 12.0 Å². The Hall–Kier alpha value is -3.67. The first-order valence-electron chi connectivity index (χ1n) is 10.4. The molecular weight excluding hydrogens is 392 g/mol. The van der Waals surface area contributed by atoms with E-state index in [0.29, 0.717) is 41.0 Å². The second-order valence-electron chi connectivity index (χ2n) is 7.77. The fourth-order valence-corrected chi connectivity index (χ4v) is 3.89. The highest BCUT2D eigenvalue weighted by Gasteiger charge is 2.29. The number of amides is 2. The standard InChI is InChI=1S/C25H24N2O4/c1-15-22-20(28)12-7-13-21(22)31-23(15)25(30)26-16(2)18-10-6-11-19(14-18)27-24(29)17-8-4-3-5-9-17/h3-6,8-11,14,16H,7,12-13H2,1-2H3,(H,26,30)(H,27,29). The molecule has 31 heavy (non-hydrogen) atoms. The highest BCUT2D eigenvalue weighted by atomic mass is 16.4. The van der Waals surface area contributed by atoms with E-state index in [1.807, 2.05) is 43.3 Å². The van der Waals surface area contributed by atoms with Gasteiger partial charge in [0, 0.05) is 29.7 Å². The Balaban J connectivity index is 1.47. The Bertz CT molecular complexity index is 1150. The molecule has 0 saturated carbocycles. The third-order valence-electron chi connectivity index (χ3n) is 5.54. The number of hydrogen-bond acceptors (Lipinski definition) is 4. The summed E-state index contributed by atoms with van der Waals surface area (Å²) in [4.78, 5) is 37.4. The van der Waals surface area contributed by atoms with Crippen LogP contribution in [0.15, 0.2) is 59.0 Å². The van der Waals surface area contributed by atoms with Crippen molar-refractivity contribution in [1.29, 1.82) is 0 Å². The molecule has 0 fully saturated rings. The van der Waals surface area contributed by atoms with Crippen molar-refractivity contribution in [2.75, 3.05) is 5.32 Å². The van der Waals surface area contributed by atoms with Crippen molar-refractivity contribution in [2.24, 2.45) is 0 Å². The van der Waals surface area contributed by atoms with Gasteiger partial charge in [0.1, 0.15) is 5.76 Å². The molecule has 4 rings (SSSR count). The van der Waals surface area contributed by atoms with Gasteiger partial charge in [0.05, 0.1) is 11.6 Å². The first-order valence-corrected chi connectivity index (χ1v) is 10.4. The summed E-state index contributed by atoms with van der Waals surface area (Å²) < 4.78 is 5.74. The molecule has 2 aromatic carbocycles. The zero-order valence-corrected chi connectivity index (χ0v) is 17.5. The molecule has 1 aliphatic carbocycles. The van der Waals surface area contributed by atoms with Crippen LogP contribution in [-0.2, 0) is 6.42 Å². The van der Waals surface area contributed by atoms with E-state index >= 15 is 0 Å². The summed E-state index contributed by atoms with van der Waals surface area (Å²) in [6.07, 6.45) is 1.91. The Labute approximate surface area is 180 Å². The molecule has 1 aromatic heterocycles. The number of ketones is 1. The SMILES string of the molecule is Cc1c(C(=O)NC(C)c2cccc(NC(=O)c3ccccc3)c2)oc2c1C(=O)CCC2. The van der Waals surface area contributed by atoms with Gasteiger partial charge in [-0.2, -0.15) is 0 Å². The molecule has 3 aromatic rings. The van der Waals surface area contributed by atoms with Gasteiger partial charge in [-0.3, -0.25) is 14.4 Å². The number of carbonyl (C=O) groups excluding carboxylic acids is 3. The minimum absolute atomic E-state index is 0.0384. The molecule has 0 spiro atoms. The number of rotatable bonds is 5. The van der Waals surface area contributed by atoms with E-state index in [1.165, 1.54) is 0 Å². The Morgan fingerprint density at radius 3 is 2.52 bits per heavy atom. The topological polar surface area (TPSA) is 88.4 Å². The number of anilines is 1. The number of carbonyl (C=O) groups is 3. The predicted octanol–water partition coefficient (Wildman–Crippen LogP) is 4.85. The lowest BCUT2D eigenvalue weighted by atomic mass is 9.94. The van der Waals surface area contributed by atoms with Gasteiger partial charge < -0.3 is 15.1 Å². The number of hydrogen-bond donors (Lipinski definition) is 2. The Morgan fingerprint density at radius 1 is 1.00 bits per heavy atom. The molecule has 6 nitrogen and oxygen atoms in total. The van der Waals surface area contributed by atoms with Gasteiger partial charge in [-0.1, -0.05) is 30.3 Å². The highest BCUT2D eigenvalue weighted by molar-refractivity contribution is 6.04. The van der Waals surface area contributed by atoms with Crippen LogP contribution in [0.5, 0.6) is 0 Å². The minimum Gasteiger partial charge on any atom is -0.455 e. The van der Waals surface area contributed by atoms with Gasteiger partial charge in [0.25, 0.3) is 11.8 Å². The zero-order valence-electron chi connectivity index (χ0n) is 17.5.